The number of fused-ring (bicyclic) bond motifs is 5. The maximum atomic E-state index is 15.4. The van der Waals surface area contributed by atoms with Gasteiger partial charge in [-0.05, 0) is 56.4 Å². The van der Waals surface area contributed by atoms with Crippen molar-refractivity contribution in [3.8, 4) is 0 Å². The minimum atomic E-state index is -2.02. The average molecular weight is 465 g/mol. The van der Waals surface area contributed by atoms with E-state index in [0.29, 0.717) is 31.3 Å². The first kappa shape index (κ1) is 24.2. The molecule has 8 atom stereocenters. The molecule has 0 radical (unpaired) electrons. The van der Waals surface area contributed by atoms with Crippen LogP contribution in [-0.4, -0.2) is 58.0 Å². The average Bonchev–Trinajstić information content (AvgIpc) is 3.03. The van der Waals surface area contributed by atoms with E-state index in [0.717, 1.165) is 0 Å². The minimum Gasteiger partial charge on any atom is -0.458 e. The maximum absolute atomic E-state index is 15.4. The first-order valence-electron chi connectivity index (χ1n) is 11.9. The number of allylic oxidation sites excluding steroid dienone is 1. The van der Waals surface area contributed by atoms with Gasteiger partial charge in [-0.3, -0.25) is 19.2 Å². The third-order valence-corrected chi connectivity index (χ3v) is 9.32. The Bertz CT molecular complexity index is 928. The molecule has 0 saturated heterocycles. The van der Waals surface area contributed by atoms with Gasteiger partial charge in [0.25, 0.3) is 0 Å². The van der Waals surface area contributed by atoms with Crippen LogP contribution in [0.25, 0.3) is 0 Å². The lowest BCUT2D eigenvalue weighted by molar-refractivity contribution is -0.189. The van der Waals surface area contributed by atoms with E-state index in [-0.39, 0.29) is 31.1 Å². The fraction of sp³-hybridized carbons (Fsp3) is 0.760. The predicted octanol–water partition coefficient (Wildman–Crippen LogP) is 2.26. The number of aliphatic hydroxyl groups is 2. The number of esters is 1. The molecule has 0 aromatic carbocycles. The van der Waals surface area contributed by atoms with Gasteiger partial charge in [0.05, 0.1) is 6.10 Å². The number of carbonyl (C=O) groups excluding carboxylic acids is 4. The van der Waals surface area contributed by atoms with Crippen LogP contribution in [0.1, 0.15) is 65.7 Å². The Kier molecular flexibility index (Phi) is 5.93. The van der Waals surface area contributed by atoms with Gasteiger partial charge in [-0.1, -0.05) is 26.3 Å². The Labute approximate surface area is 192 Å². The highest BCUT2D eigenvalue weighted by Gasteiger charge is 2.70. The summed E-state index contributed by atoms with van der Waals surface area (Å²) in [6.07, 6.45) is 0.680. The number of aliphatic hydroxyl groups excluding tert-OH is 1. The molecule has 4 rings (SSSR count). The van der Waals surface area contributed by atoms with Crippen LogP contribution < -0.4 is 0 Å². The van der Waals surface area contributed by atoms with E-state index in [4.69, 9.17) is 4.74 Å². The molecule has 33 heavy (non-hydrogen) atoms. The number of alkyl halides is 1. The van der Waals surface area contributed by atoms with Crippen LogP contribution in [0.2, 0.25) is 0 Å². The summed E-state index contributed by atoms with van der Waals surface area (Å²) in [5.74, 6) is -3.97. The fourth-order valence-corrected chi connectivity index (χ4v) is 7.60. The first-order chi connectivity index (χ1) is 15.4. The van der Waals surface area contributed by atoms with Crippen molar-refractivity contribution in [3.63, 3.8) is 0 Å². The molecule has 0 aliphatic heterocycles. The zero-order chi connectivity index (χ0) is 24.3. The molecule has 4 aliphatic carbocycles. The lowest BCUT2D eigenvalue weighted by atomic mass is 9.45. The van der Waals surface area contributed by atoms with Crippen LogP contribution in [0.3, 0.4) is 0 Å². The highest BCUT2D eigenvalue weighted by atomic mass is 19.1. The standard InChI is InChI=1S/C25H33FO7/c1-4-5-19(30)33-12-18(29)25(32)9-8-15-14-7-6-13-10-16(27)21(31)22(26)24(13,3)20(14)17(28)11-23(15,25)2/h10,14-15,17,20,22,28,32H,4-9,11-12H2,1-3H3/t14-,15-,17?,20+,22?,23-,24-,25-/m0/s1. The molecule has 0 aromatic heterocycles. The maximum Gasteiger partial charge on any atom is 0.306 e. The second-order valence-electron chi connectivity index (χ2n) is 10.8. The molecule has 3 fully saturated rings. The molecule has 8 heteroatoms. The largest absolute Gasteiger partial charge is 0.458 e. The van der Waals surface area contributed by atoms with E-state index >= 15 is 4.39 Å². The lowest BCUT2D eigenvalue weighted by Gasteiger charge is -2.60. The van der Waals surface area contributed by atoms with Gasteiger partial charge < -0.3 is 14.9 Å². The Balaban J connectivity index is 1.63. The van der Waals surface area contributed by atoms with E-state index in [1.54, 1.807) is 13.8 Å². The molecule has 7 nitrogen and oxygen atoms in total. The zero-order valence-electron chi connectivity index (χ0n) is 19.4. The van der Waals surface area contributed by atoms with Crippen LogP contribution in [0.5, 0.6) is 0 Å². The van der Waals surface area contributed by atoms with E-state index in [9.17, 15) is 29.4 Å². The molecule has 0 heterocycles. The summed E-state index contributed by atoms with van der Waals surface area (Å²) in [4.78, 5) is 49.0. The predicted molar refractivity (Wildman–Crippen MR) is 115 cm³/mol. The molecular weight excluding hydrogens is 431 g/mol. The summed E-state index contributed by atoms with van der Waals surface area (Å²) in [6, 6.07) is 0. The fourth-order valence-electron chi connectivity index (χ4n) is 7.60. The number of hydrogen-bond donors (Lipinski definition) is 2. The molecule has 0 spiro atoms. The second-order valence-corrected chi connectivity index (χ2v) is 10.8. The number of ketones is 3. The van der Waals surface area contributed by atoms with Crippen molar-refractivity contribution in [2.45, 2.75) is 83.6 Å². The third kappa shape index (κ3) is 3.27. The molecular formula is C25H33FO7. The SMILES string of the molecule is CCCC(=O)OCC(=O)[C@@]1(O)CC[C@H]2[C@@H]3CCC4=CC(=O)C(=O)C(F)[C@]4(C)[C@H]3C(O)C[C@@]21C. The van der Waals surface area contributed by atoms with Gasteiger partial charge in [0.15, 0.2) is 12.8 Å². The topological polar surface area (TPSA) is 118 Å². The van der Waals surface area contributed by atoms with Gasteiger partial charge in [0.2, 0.25) is 17.3 Å². The van der Waals surface area contributed by atoms with E-state index in [2.05, 4.69) is 0 Å². The molecule has 4 aliphatic rings. The number of rotatable bonds is 5. The Morgan fingerprint density at radius 1 is 1.24 bits per heavy atom. The van der Waals surface area contributed by atoms with E-state index < -0.39 is 64.6 Å². The molecule has 0 amide bonds. The normalized spacial score (nSPS) is 44.4. The van der Waals surface area contributed by atoms with Gasteiger partial charge >= 0.3 is 5.97 Å². The molecule has 3 saturated carbocycles. The van der Waals surface area contributed by atoms with Gasteiger partial charge in [0, 0.05) is 23.2 Å². The first-order valence-corrected chi connectivity index (χ1v) is 11.9. The van der Waals surface area contributed by atoms with Gasteiger partial charge in [-0.25, -0.2) is 4.39 Å². The van der Waals surface area contributed by atoms with Crippen molar-refractivity contribution in [1.29, 1.82) is 0 Å². The van der Waals surface area contributed by atoms with Crippen molar-refractivity contribution in [1.82, 2.24) is 0 Å². The summed E-state index contributed by atoms with van der Waals surface area (Å²) < 4.78 is 20.4. The summed E-state index contributed by atoms with van der Waals surface area (Å²) in [5.41, 5.74) is -3.45. The van der Waals surface area contributed by atoms with Crippen LogP contribution >= 0.6 is 0 Å². The monoisotopic (exact) mass is 464 g/mol. The van der Waals surface area contributed by atoms with E-state index in [1.807, 2.05) is 6.92 Å². The molecule has 0 aromatic rings. The minimum absolute atomic E-state index is 0.0572. The molecule has 182 valence electrons. The Morgan fingerprint density at radius 3 is 2.61 bits per heavy atom. The third-order valence-electron chi connectivity index (χ3n) is 9.32. The smallest absolute Gasteiger partial charge is 0.306 e. The summed E-state index contributed by atoms with van der Waals surface area (Å²) in [7, 11) is 0. The summed E-state index contributed by atoms with van der Waals surface area (Å²) in [6.45, 7) is 4.71. The number of hydrogen-bond acceptors (Lipinski definition) is 7. The number of Topliss-reactive ketones (excluding diaryl/α,β-unsaturated/α-hetero) is 2. The highest BCUT2D eigenvalue weighted by Crippen LogP contribution is 2.67. The second kappa shape index (κ2) is 8.08. The Hall–Kier alpha value is -1.93. The summed E-state index contributed by atoms with van der Waals surface area (Å²) >= 11 is 0. The van der Waals surface area contributed by atoms with Crippen LogP contribution in [0, 0.1) is 28.6 Å². The van der Waals surface area contributed by atoms with Gasteiger partial charge in [0.1, 0.15) is 5.60 Å². The van der Waals surface area contributed by atoms with Crippen molar-refractivity contribution in [2.75, 3.05) is 6.61 Å². The van der Waals surface area contributed by atoms with E-state index in [1.165, 1.54) is 6.08 Å². The van der Waals surface area contributed by atoms with Crippen molar-refractivity contribution >= 4 is 23.3 Å². The number of carbonyl (C=O) groups is 4. The number of ether oxygens (including phenoxy) is 1. The molecule has 0 bridgehead atoms. The van der Waals surface area contributed by atoms with Crippen molar-refractivity contribution in [3.05, 3.63) is 11.6 Å². The van der Waals surface area contributed by atoms with Crippen molar-refractivity contribution in [2.24, 2.45) is 28.6 Å². The van der Waals surface area contributed by atoms with Crippen LogP contribution in [-0.2, 0) is 23.9 Å². The Morgan fingerprint density at radius 2 is 1.94 bits per heavy atom. The van der Waals surface area contributed by atoms with Crippen LogP contribution in [0.15, 0.2) is 11.6 Å². The van der Waals surface area contributed by atoms with Crippen molar-refractivity contribution < 1.29 is 38.5 Å². The van der Waals surface area contributed by atoms with Gasteiger partial charge in [-0.15, -0.1) is 0 Å². The summed E-state index contributed by atoms with van der Waals surface area (Å²) in [5, 5.41) is 22.8. The number of halogens is 1. The zero-order valence-corrected chi connectivity index (χ0v) is 19.4. The van der Waals surface area contributed by atoms with Gasteiger partial charge in [-0.2, -0.15) is 0 Å². The molecule has 2 unspecified atom stereocenters. The highest BCUT2D eigenvalue weighted by molar-refractivity contribution is 6.44. The molecule has 2 N–H and O–H groups in total. The quantitative estimate of drug-likeness (QED) is 0.473. The lowest BCUT2D eigenvalue weighted by Crippen LogP contribution is -2.64. The van der Waals surface area contributed by atoms with Crippen LogP contribution in [0.4, 0.5) is 4.39 Å².